The van der Waals surface area contributed by atoms with Gasteiger partial charge in [0.25, 0.3) is 0 Å². The van der Waals surface area contributed by atoms with Crippen LogP contribution in [0.1, 0.15) is 30.5 Å². The van der Waals surface area contributed by atoms with E-state index in [1.54, 1.807) is 6.07 Å². The third kappa shape index (κ3) is 3.22. The monoisotopic (exact) mass is 340 g/mol. The Hall–Kier alpha value is -2.47. The molecular formula is C19H21FN4O. The van der Waals surface area contributed by atoms with Gasteiger partial charge >= 0.3 is 0 Å². The molecule has 2 aromatic heterocycles. The van der Waals surface area contributed by atoms with E-state index in [-0.39, 0.29) is 5.82 Å². The Morgan fingerprint density at radius 1 is 1.32 bits per heavy atom. The van der Waals surface area contributed by atoms with Crippen LogP contribution in [0.15, 0.2) is 41.2 Å². The Balaban J connectivity index is 1.56. The second-order valence-electron chi connectivity index (χ2n) is 6.44. The number of aromatic nitrogens is 3. The third-order valence-corrected chi connectivity index (χ3v) is 4.64. The molecule has 1 aliphatic rings. The molecule has 6 heteroatoms. The lowest BCUT2D eigenvalue weighted by Gasteiger charge is -2.26. The lowest BCUT2D eigenvalue weighted by molar-refractivity contribution is 0.220. The fraction of sp³-hybridized carbons (Fsp3) is 0.368. The fourth-order valence-electron chi connectivity index (χ4n) is 3.40. The number of halogens is 1. The molecule has 5 nitrogen and oxygen atoms in total. The van der Waals surface area contributed by atoms with E-state index >= 15 is 0 Å². The van der Waals surface area contributed by atoms with Gasteiger partial charge < -0.3 is 9.09 Å². The second kappa shape index (κ2) is 6.80. The lowest BCUT2D eigenvalue weighted by atomic mass is 10.0. The van der Waals surface area contributed by atoms with Crippen LogP contribution in [-0.2, 0) is 26.1 Å². The van der Waals surface area contributed by atoms with Crippen LogP contribution in [0.5, 0.6) is 0 Å². The molecule has 0 bridgehead atoms. The van der Waals surface area contributed by atoms with Crippen molar-refractivity contribution in [1.82, 2.24) is 19.6 Å². The lowest BCUT2D eigenvalue weighted by Crippen LogP contribution is -2.30. The van der Waals surface area contributed by atoms with E-state index < -0.39 is 0 Å². The van der Waals surface area contributed by atoms with E-state index in [1.165, 1.54) is 12.1 Å². The Bertz CT molecular complexity index is 870. The van der Waals surface area contributed by atoms with E-state index in [2.05, 4.69) is 26.5 Å². The van der Waals surface area contributed by atoms with E-state index in [0.717, 1.165) is 67.4 Å². The molecule has 0 spiro atoms. The topological polar surface area (TPSA) is 47.1 Å². The van der Waals surface area contributed by atoms with Crippen molar-refractivity contribution < 1.29 is 8.91 Å². The maximum atomic E-state index is 13.6. The van der Waals surface area contributed by atoms with E-state index in [0.29, 0.717) is 0 Å². The van der Waals surface area contributed by atoms with E-state index in [4.69, 9.17) is 4.52 Å². The summed E-state index contributed by atoms with van der Waals surface area (Å²) in [6.07, 6.45) is 5.79. The summed E-state index contributed by atoms with van der Waals surface area (Å²) in [4.78, 5) is 6.84. The molecule has 130 valence electrons. The Morgan fingerprint density at radius 3 is 3.08 bits per heavy atom. The van der Waals surface area contributed by atoms with Crippen LogP contribution in [0.3, 0.4) is 0 Å². The van der Waals surface area contributed by atoms with Gasteiger partial charge in [-0.2, -0.15) is 0 Å². The van der Waals surface area contributed by atoms with Crippen LogP contribution < -0.4 is 0 Å². The first-order chi connectivity index (χ1) is 12.2. The molecule has 0 radical (unpaired) electrons. The van der Waals surface area contributed by atoms with Crippen LogP contribution in [0, 0.1) is 5.82 Å². The van der Waals surface area contributed by atoms with Gasteiger partial charge in [-0.1, -0.05) is 24.2 Å². The average molecular weight is 340 g/mol. The first kappa shape index (κ1) is 16.0. The average Bonchev–Trinajstić information content (AvgIpc) is 3.22. The third-order valence-electron chi connectivity index (χ3n) is 4.64. The number of hydrogen-bond donors (Lipinski definition) is 0. The highest BCUT2D eigenvalue weighted by Crippen LogP contribution is 2.30. The maximum Gasteiger partial charge on any atom is 0.143 e. The quantitative estimate of drug-likeness (QED) is 0.711. The summed E-state index contributed by atoms with van der Waals surface area (Å²) in [6, 6.07) is 6.52. The number of aryl methyl sites for hydroxylation is 1. The molecule has 3 aromatic rings. The fourth-order valence-corrected chi connectivity index (χ4v) is 3.40. The normalized spacial score (nSPS) is 14.6. The highest BCUT2D eigenvalue weighted by atomic mass is 19.1. The molecule has 0 saturated heterocycles. The minimum absolute atomic E-state index is 0.261. The summed E-state index contributed by atoms with van der Waals surface area (Å²) in [6.45, 7) is 5.59. The summed E-state index contributed by atoms with van der Waals surface area (Å²) in [5.74, 6) is 1.73. The highest BCUT2D eigenvalue weighted by Gasteiger charge is 2.25. The molecular weight excluding hydrogens is 319 g/mol. The van der Waals surface area contributed by atoms with Crippen molar-refractivity contribution in [3.63, 3.8) is 0 Å². The molecule has 0 amide bonds. The smallest absolute Gasteiger partial charge is 0.143 e. The van der Waals surface area contributed by atoms with E-state index in [1.807, 2.05) is 18.5 Å². The van der Waals surface area contributed by atoms with Crippen molar-refractivity contribution in [2.24, 2.45) is 0 Å². The highest BCUT2D eigenvalue weighted by molar-refractivity contribution is 5.63. The van der Waals surface area contributed by atoms with Gasteiger partial charge in [-0.3, -0.25) is 4.90 Å². The van der Waals surface area contributed by atoms with Crippen molar-refractivity contribution >= 4 is 0 Å². The van der Waals surface area contributed by atoms with Crippen molar-refractivity contribution in [3.8, 4) is 11.3 Å². The zero-order valence-electron chi connectivity index (χ0n) is 14.3. The number of benzene rings is 1. The number of imidazole rings is 1. The molecule has 0 fully saturated rings. The van der Waals surface area contributed by atoms with Crippen molar-refractivity contribution in [1.29, 1.82) is 0 Å². The van der Waals surface area contributed by atoms with Gasteiger partial charge in [0.15, 0.2) is 0 Å². The minimum atomic E-state index is -0.261. The van der Waals surface area contributed by atoms with Gasteiger partial charge in [0, 0.05) is 49.6 Å². The Kier molecular flexibility index (Phi) is 4.36. The zero-order chi connectivity index (χ0) is 17.2. The predicted octanol–water partition coefficient (Wildman–Crippen LogP) is 3.65. The molecule has 3 heterocycles. The van der Waals surface area contributed by atoms with Gasteiger partial charge in [0.1, 0.15) is 23.1 Å². The summed E-state index contributed by atoms with van der Waals surface area (Å²) in [5.41, 5.74) is 2.57. The second-order valence-corrected chi connectivity index (χ2v) is 6.44. The van der Waals surface area contributed by atoms with Crippen molar-refractivity contribution in [2.45, 2.75) is 39.4 Å². The molecule has 4 rings (SSSR count). The van der Waals surface area contributed by atoms with Gasteiger partial charge in [0.05, 0.1) is 6.54 Å². The standard InChI is InChI=1S/C19H21FN4O/c1-2-8-24-10-7-21-18(24)13-23-9-6-17-16(12-23)19(22-25-17)14-4-3-5-15(20)11-14/h3-5,7,10-11H,2,6,8-9,12-13H2,1H3. The minimum Gasteiger partial charge on any atom is -0.360 e. The van der Waals surface area contributed by atoms with Gasteiger partial charge in [-0.15, -0.1) is 0 Å². The SMILES string of the molecule is CCCn1ccnc1CN1CCc2onc(-c3cccc(F)c3)c2C1. The summed E-state index contributed by atoms with van der Waals surface area (Å²) in [5, 5.41) is 4.20. The predicted molar refractivity (Wildman–Crippen MR) is 92.2 cm³/mol. The molecule has 1 aliphatic heterocycles. The molecule has 0 aliphatic carbocycles. The molecule has 25 heavy (non-hydrogen) atoms. The van der Waals surface area contributed by atoms with Crippen LogP contribution in [0.4, 0.5) is 4.39 Å². The number of hydrogen-bond acceptors (Lipinski definition) is 4. The first-order valence-electron chi connectivity index (χ1n) is 8.70. The van der Waals surface area contributed by atoms with Gasteiger partial charge in [0.2, 0.25) is 0 Å². The summed E-state index contributed by atoms with van der Waals surface area (Å²) < 4.78 is 21.3. The van der Waals surface area contributed by atoms with Crippen LogP contribution >= 0.6 is 0 Å². The summed E-state index contributed by atoms with van der Waals surface area (Å²) in [7, 11) is 0. The van der Waals surface area contributed by atoms with Gasteiger partial charge in [-0.25, -0.2) is 9.37 Å². The largest absolute Gasteiger partial charge is 0.360 e. The van der Waals surface area contributed by atoms with Crippen molar-refractivity contribution in [3.05, 3.63) is 59.6 Å². The summed E-state index contributed by atoms with van der Waals surface area (Å²) >= 11 is 0. The number of rotatable bonds is 5. The Morgan fingerprint density at radius 2 is 2.24 bits per heavy atom. The van der Waals surface area contributed by atoms with Crippen molar-refractivity contribution in [2.75, 3.05) is 6.54 Å². The van der Waals surface area contributed by atoms with Gasteiger partial charge in [-0.05, 0) is 18.6 Å². The number of fused-ring (bicyclic) bond motifs is 1. The Labute approximate surface area is 146 Å². The van der Waals surface area contributed by atoms with Crippen LogP contribution in [-0.4, -0.2) is 26.2 Å². The van der Waals surface area contributed by atoms with E-state index in [9.17, 15) is 4.39 Å². The first-order valence-corrected chi connectivity index (χ1v) is 8.70. The molecule has 0 N–H and O–H groups in total. The zero-order valence-corrected chi connectivity index (χ0v) is 14.3. The molecule has 0 saturated carbocycles. The molecule has 0 atom stereocenters. The van der Waals surface area contributed by atoms with Crippen LogP contribution in [0.25, 0.3) is 11.3 Å². The maximum absolute atomic E-state index is 13.6. The number of nitrogens with zero attached hydrogens (tertiary/aromatic N) is 4. The molecule has 1 aromatic carbocycles. The molecule has 0 unspecified atom stereocenters. The van der Waals surface area contributed by atoms with Crippen LogP contribution in [0.2, 0.25) is 0 Å².